The highest BCUT2D eigenvalue weighted by Crippen LogP contribution is 2.33. The van der Waals surface area contributed by atoms with Gasteiger partial charge in [0.1, 0.15) is 91.5 Å². The molecule has 2 unspecified atom stereocenters. The van der Waals surface area contributed by atoms with Crippen molar-refractivity contribution in [3.05, 3.63) is 41.7 Å². The number of esters is 2. The van der Waals surface area contributed by atoms with E-state index in [0.29, 0.717) is 49.9 Å². The molecule has 4 saturated heterocycles. The highest BCUT2D eigenvalue weighted by atomic mass is 16.8. The van der Waals surface area contributed by atoms with Crippen LogP contribution in [0.3, 0.4) is 0 Å². The van der Waals surface area contributed by atoms with Crippen LogP contribution in [-0.4, -0.2) is 351 Å². The predicted molar refractivity (Wildman–Crippen MR) is 371 cm³/mol. The molecule has 4 fully saturated rings. The number of aliphatic hydroxyl groups excluding tert-OH is 12. The van der Waals surface area contributed by atoms with Crippen LogP contribution < -0.4 is 43.8 Å². The maximum absolute atomic E-state index is 13.7. The van der Waals surface area contributed by atoms with Crippen LogP contribution in [0, 0.1) is 0 Å². The zero-order chi connectivity index (χ0) is 80.8. The standard InChI is InChI=1S/C66H102N12O33/c1-78(27-33-26-73-57-43(74-33)56(67)76-64(68)77-57)34-12-10-32(11-13-34)58(94)75-35(59(95)101-19-7-3-5-9-41(84)72-17-21-99-23-25-103-63-55(49(91)45(87)37(29-80)107-63)109-61-51(93)53(111-66(70)97)47(89)39(31-82)105-61)14-15-42(85)100-18-6-2-4-8-40(83)71-16-20-98-22-24-102-62-54(48(90)44(86)36(28-79)106-62)108-60-50(92)52(110-65(69)96)46(88)38(30-81)104-60/h10-13,26,35-39,44-55,60-63,79-82,86-93H,2-9,14-25,27-31H2,1H3,(H2,69,96)(H2,70,97)(H,71,83)(H,72,84)(H,75,94)(H4,67,68,73,76,77)/t35-,36+,37-,38-,39+,44-,45+,46-,47+,48+,49-,50+,51-,52+,53-,54+,55-,60-,61+,62?,63?/m1/s1. The third-order valence-electron chi connectivity index (χ3n) is 17.8. The summed E-state index contributed by atoms with van der Waals surface area (Å²) in [6.07, 6.45) is -32.4. The summed E-state index contributed by atoms with van der Waals surface area (Å²) in [6.45, 7) is -3.43. The maximum Gasteiger partial charge on any atom is 0.404 e. The van der Waals surface area contributed by atoms with Crippen LogP contribution in [0.2, 0.25) is 0 Å². The molecule has 4 aliphatic heterocycles. The first-order chi connectivity index (χ1) is 53.2. The number of nitrogens with two attached hydrogens (primary N) is 4. The molecule has 1 aromatic carbocycles. The fraction of sp³-hybridized carbons (Fsp3) is 0.712. The minimum Gasteiger partial charge on any atom is -0.466 e. The van der Waals surface area contributed by atoms with Gasteiger partial charge in [-0.2, -0.15) is 9.97 Å². The number of nitrogens with one attached hydrogen (secondary N) is 3. The molecule has 23 N–H and O–H groups in total. The van der Waals surface area contributed by atoms with Gasteiger partial charge < -0.3 is 171 Å². The molecule has 5 amide bonds. The van der Waals surface area contributed by atoms with E-state index in [2.05, 4.69) is 35.9 Å². The number of carbonyl (C=O) groups is 7. The number of benzene rings is 1. The fourth-order valence-corrected chi connectivity index (χ4v) is 11.9. The molecular formula is C66H102N12O33. The lowest BCUT2D eigenvalue weighted by molar-refractivity contribution is -0.367. The van der Waals surface area contributed by atoms with Gasteiger partial charge >= 0.3 is 24.1 Å². The number of unbranched alkanes of at least 4 members (excludes halogenated alkanes) is 4. The van der Waals surface area contributed by atoms with Crippen molar-refractivity contribution in [3.8, 4) is 0 Å². The van der Waals surface area contributed by atoms with E-state index in [4.69, 9.17) is 89.3 Å². The molecule has 624 valence electrons. The fourth-order valence-electron chi connectivity index (χ4n) is 11.9. The smallest absolute Gasteiger partial charge is 0.404 e. The van der Waals surface area contributed by atoms with Gasteiger partial charge in [-0.25, -0.2) is 24.4 Å². The number of hydrogen-bond donors (Lipinski definition) is 19. The molecular weight excluding hydrogens is 1490 g/mol. The maximum atomic E-state index is 13.7. The molecule has 45 nitrogen and oxygen atoms in total. The second-order valence-electron chi connectivity index (χ2n) is 26.0. The van der Waals surface area contributed by atoms with Crippen molar-refractivity contribution in [1.82, 2.24) is 35.9 Å². The zero-order valence-corrected chi connectivity index (χ0v) is 60.7. The molecule has 6 heterocycles. The van der Waals surface area contributed by atoms with Gasteiger partial charge in [0.2, 0.25) is 17.8 Å². The van der Waals surface area contributed by atoms with Crippen LogP contribution >= 0.6 is 0 Å². The first kappa shape index (κ1) is 90.2. The number of primary amides is 2. The minimum atomic E-state index is -1.92. The summed E-state index contributed by atoms with van der Waals surface area (Å²) in [5.74, 6) is -2.75. The zero-order valence-electron chi connectivity index (χ0n) is 60.7. The number of amides is 5. The van der Waals surface area contributed by atoms with E-state index >= 15 is 0 Å². The molecule has 21 atom stereocenters. The van der Waals surface area contributed by atoms with Gasteiger partial charge in [-0.05, 0) is 69.2 Å². The average molecular weight is 1590 g/mol. The number of carbonyl (C=O) groups excluding carboxylic acids is 7. The van der Waals surface area contributed by atoms with Crippen LogP contribution in [0.15, 0.2) is 30.5 Å². The van der Waals surface area contributed by atoms with Gasteiger partial charge in [0.25, 0.3) is 5.91 Å². The SMILES string of the molecule is CN(Cc1cnc2nc(N)nc(N)c2n1)c1ccc(C(=O)N[C@H](CCC(=O)OCCCCCC(=O)NCCOCCOC2O[C@@H](CO)[C@@H](O)[C@H](O)[C@@H]2O[C@H]2O[C@H](CO)[C@@H](O)[C@H](OC(N)=O)[C@@H]2O)C(=O)OCCCCCC(=O)NCCOCCOC2O[C@H](CO)[C@H](O)[C@@H](O)[C@H]2O[C@@H]2O[C@@H](CO)[C@H](O)[C@@H](OC(N)=O)[C@H]2O)cc1. The minimum absolute atomic E-state index is 0.0140. The Bertz CT molecular complexity index is 3410. The number of hydrogen-bond acceptors (Lipinski definition) is 40. The molecule has 2 aromatic heterocycles. The van der Waals surface area contributed by atoms with Gasteiger partial charge in [0, 0.05) is 50.7 Å². The Morgan fingerprint density at radius 2 is 0.991 bits per heavy atom. The average Bonchev–Trinajstić information content (AvgIpc) is 0.793. The van der Waals surface area contributed by atoms with Crippen molar-refractivity contribution in [2.75, 3.05) is 116 Å². The van der Waals surface area contributed by atoms with Gasteiger partial charge in [-0.3, -0.25) is 19.2 Å². The van der Waals surface area contributed by atoms with Crippen LogP contribution in [0.5, 0.6) is 0 Å². The van der Waals surface area contributed by atoms with Crippen LogP contribution in [0.25, 0.3) is 11.2 Å². The van der Waals surface area contributed by atoms with Crippen LogP contribution in [0.1, 0.15) is 80.3 Å². The summed E-state index contributed by atoms with van der Waals surface area (Å²) >= 11 is 0. The Morgan fingerprint density at radius 3 is 1.47 bits per heavy atom. The molecule has 111 heavy (non-hydrogen) atoms. The molecule has 0 spiro atoms. The van der Waals surface area contributed by atoms with E-state index < -0.39 is 185 Å². The Morgan fingerprint density at radius 1 is 0.523 bits per heavy atom. The molecule has 0 bridgehead atoms. The molecule has 0 aliphatic carbocycles. The molecule has 4 aliphatic rings. The second kappa shape index (κ2) is 45.7. The Kier molecular flexibility index (Phi) is 37.1. The topological polar surface area (TPSA) is 686 Å². The van der Waals surface area contributed by atoms with Crippen LogP contribution in [-0.2, 0) is 92.0 Å². The molecule has 0 saturated carbocycles. The number of rotatable bonds is 45. The van der Waals surface area contributed by atoms with Gasteiger partial charge in [0.15, 0.2) is 54.3 Å². The van der Waals surface area contributed by atoms with E-state index in [9.17, 15) is 94.8 Å². The lowest BCUT2D eigenvalue weighted by Crippen LogP contribution is -2.65. The van der Waals surface area contributed by atoms with E-state index in [1.165, 1.54) is 6.20 Å². The third-order valence-corrected chi connectivity index (χ3v) is 17.8. The lowest BCUT2D eigenvalue weighted by atomic mass is 9.97. The highest BCUT2D eigenvalue weighted by Gasteiger charge is 2.54. The summed E-state index contributed by atoms with van der Waals surface area (Å²) in [5, 5.41) is 133. The Hall–Kier alpha value is -7.95. The first-order valence-corrected chi connectivity index (χ1v) is 35.8. The van der Waals surface area contributed by atoms with Crippen molar-refractivity contribution >= 4 is 70.5 Å². The van der Waals surface area contributed by atoms with Gasteiger partial charge in [0.05, 0.1) is 97.7 Å². The van der Waals surface area contributed by atoms with Crippen molar-refractivity contribution in [2.24, 2.45) is 11.5 Å². The normalized spacial score (nSPS) is 28.3. The molecule has 45 heteroatoms. The van der Waals surface area contributed by atoms with Gasteiger partial charge in [-0.1, -0.05) is 0 Å². The predicted octanol–water partition coefficient (Wildman–Crippen LogP) is -7.94. The lowest BCUT2D eigenvalue weighted by Gasteiger charge is -2.46. The Labute approximate surface area is 634 Å². The van der Waals surface area contributed by atoms with Crippen molar-refractivity contribution in [2.45, 2.75) is 200 Å². The number of nitrogen functional groups attached to an aromatic ring is 2. The highest BCUT2D eigenvalue weighted by molar-refractivity contribution is 5.97. The largest absolute Gasteiger partial charge is 0.466 e. The number of ether oxygens (including phenoxy) is 14. The van der Waals surface area contributed by atoms with Crippen LogP contribution in [0.4, 0.5) is 27.0 Å². The van der Waals surface area contributed by atoms with E-state index in [-0.39, 0.29) is 138 Å². The molecule has 3 aromatic rings. The van der Waals surface area contributed by atoms with Crippen molar-refractivity contribution < 1.29 is 161 Å². The number of aromatic nitrogens is 4. The van der Waals surface area contributed by atoms with Crippen molar-refractivity contribution in [1.29, 1.82) is 0 Å². The number of nitrogens with zero attached hydrogens (tertiary/aromatic N) is 5. The third kappa shape index (κ3) is 27.1. The molecule has 7 rings (SSSR count). The Balaban J connectivity index is 0.796. The number of fused-ring (bicyclic) bond motifs is 1. The second-order valence-corrected chi connectivity index (χ2v) is 26.0. The van der Waals surface area contributed by atoms with E-state index in [0.717, 1.165) is 0 Å². The summed E-state index contributed by atoms with van der Waals surface area (Å²) < 4.78 is 76.5. The van der Waals surface area contributed by atoms with E-state index in [1.54, 1.807) is 31.3 Å². The quantitative estimate of drug-likeness (QED) is 0.0142. The van der Waals surface area contributed by atoms with Crippen molar-refractivity contribution in [3.63, 3.8) is 0 Å². The first-order valence-electron chi connectivity index (χ1n) is 35.8. The monoisotopic (exact) mass is 1590 g/mol. The summed E-state index contributed by atoms with van der Waals surface area (Å²) in [6, 6.07) is 5.13. The number of anilines is 3. The molecule has 0 radical (unpaired) electrons. The van der Waals surface area contributed by atoms with Gasteiger partial charge in [-0.15, -0.1) is 0 Å². The summed E-state index contributed by atoms with van der Waals surface area (Å²) in [5.41, 5.74) is 23.7. The van der Waals surface area contributed by atoms with E-state index in [1.807, 2.05) is 4.90 Å². The number of aliphatic hydroxyl groups is 12. The summed E-state index contributed by atoms with van der Waals surface area (Å²) in [4.78, 5) is 107. The summed E-state index contributed by atoms with van der Waals surface area (Å²) in [7, 11) is 1.78.